The summed E-state index contributed by atoms with van der Waals surface area (Å²) < 4.78 is 23.1. The van der Waals surface area contributed by atoms with Gasteiger partial charge in [0, 0.05) is 5.69 Å². The maximum Gasteiger partial charge on any atom is 0.335 e. The summed E-state index contributed by atoms with van der Waals surface area (Å²) in [7, 11) is -3.42. The van der Waals surface area contributed by atoms with Gasteiger partial charge in [0.15, 0.2) is 9.84 Å². The van der Waals surface area contributed by atoms with Gasteiger partial charge in [0.25, 0.3) is 0 Å². The SMILES string of the molecule is CCCS(=O)(=O)CC(=O)Nc1cc(C(=O)O)ccc1C. The van der Waals surface area contributed by atoms with E-state index in [4.69, 9.17) is 5.11 Å². The number of hydrogen-bond acceptors (Lipinski definition) is 4. The Bertz CT molecular complexity index is 622. The summed E-state index contributed by atoms with van der Waals surface area (Å²) in [5.41, 5.74) is 1.00. The van der Waals surface area contributed by atoms with Crippen molar-refractivity contribution in [2.75, 3.05) is 16.8 Å². The topological polar surface area (TPSA) is 101 Å². The molecule has 110 valence electrons. The van der Waals surface area contributed by atoms with Crippen LogP contribution < -0.4 is 5.32 Å². The third-order valence-corrected chi connectivity index (χ3v) is 4.36. The molecule has 7 heteroatoms. The third kappa shape index (κ3) is 4.65. The smallest absolute Gasteiger partial charge is 0.335 e. The van der Waals surface area contributed by atoms with Crippen molar-refractivity contribution in [2.24, 2.45) is 0 Å². The molecule has 0 bridgehead atoms. The van der Waals surface area contributed by atoms with Crippen molar-refractivity contribution in [2.45, 2.75) is 20.3 Å². The maximum atomic E-state index is 11.7. The second kappa shape index (κ2) is 6.51. The number of carbonyl (C=O) groups excluding carboxylic acids is 1. The first-order valence-electron chi connectivity index (χ1n) is 6.09. The van der Waals surface area contributed by atoms with Crippen molar-refractivity contribution in [1.82, 2.24) is 0 Å². The largest absolute Gasteiger partial charge is 0.478 e. The van der Waals surface area contributed by atoms with Crippen LogP contribution in [0.3, 0.4) is 0 Å². The van der Waals surface area contributed by atoms with Gasteiger partial charge in [0.05, 0.1) is 11.3 Å². The zero-order valence-corrected chi connectivity index (χ0v) is 12.2. The number of hydrogen-bond donors (Lipinski definition) is 2. The monoisotopic (exact) mass is 299 g/mol. The first-order chi connectivity index (χ1) is 9.25. The van der Waals surface area contributed by atoms with Crippen LogP contribution in [0.2, 0.25) is 0 Å². The molecule has 0 radical (unpaired) electrons. The number of aryl methyl sites for hydroxylation is 1. The first-order valence-corrected chi connectivity index (χ1v) is 7.91. The molecule has 0 aliphatic carbocycles. The Labute approximate surface area is 117 Å². The maximum absolute atomic E-state index is 11.7. The van der Waals surface area contributed by atoms with E-state index in [0.29, 0.717) is 17.7 Å². The van der Waals surface area contributed by atoms with Gasteiger partial charge < -0.3 is 10.4 Å². The molecule has 0 saturated heterocycles. The van der Waals surface area contributed by atoms with Crippen molar-refractivity contribution < 1.29 is 23.1 Å². The highest BCUT2D eigenvalue weighted by molar-refractivity contribution is 7.92. The number of amides is 1. The average molecular weight is 299 g/mol. The highest BCUT2D eigenvalue weighted by Gasteiger charge is 2.16. The summed E-state index contributed by atoms with van der Waals surface area (Å²) in [6.45, 7) is 3.41. The van der Waals surface area contributed by atoms with Gasteiger partial charge in [-0.1, -0.05) is 13.0 Å². The lowest BCUT2D eigenvalue weighted by atomic mass is 10.1. The van der Waals surface area contributed by atoms with E-state index in [-0.39, 0.29) is 11.3 Å². The van der Waals surface area contributed by atoms with Crippen LogP contribution in [0.5, 0.6) is 0 Å². The summed E-state index contributed by atoms with van der Waals surface area (Å²) >= 11 is 0. The van der Waals surface area contributed by atoms with Crippen LogP contribution in [-0.4, -0.2) is 36.9 Å². The molecule has 0 aliphatic rings. The molecule has 1 aromatic rings. The Morgan fingerprint density at radius 2 is 1.95 bits per heavy atom. The Balaban J connectivity index is 2.85. The lowest BCUT2D eigenvalue weighted by Crippen LogP contribution is -2.25. The second-order valence-electron chi connectivity index (χ2n) is 4.48. The Morgan fingerprint density at radius 1 is 1.30 bits per heavy atom. The molecule has 0 heterocycles. The molecular weight excluding hydrogens is 282 g/mol. The molecule has 0 atom stereocenters. The first kappa shape index (κ1) is 16.2. The van der Waals surface area contributed by atoms with E-state index in [9.17, 15) is 18.0 Å². The van der Waals surface area contributed by atoms with Crippen LogP contribution in [0.25, 0.3) is 0 Å². The fourth-order valence-electron chi connectivity index (χ4n) is 1.66. The van der Waals surface area contributed by atoms with E-state index >= 15 is 0 Å². The quantitative estimate of drug-likeness (QED) is 0.828. The molecule has 0 saturated carbocycles. The van der Waals surface area contributed by atoms with Gasteiger partial charge in [-0.2, -0.15) is 0 Å². The number of anilines is 1. The predicted octanol–water partition coefficient (Wildman–Crippen LogP) is 1.46. The van der Waals surface area contributed by atoms with Crippen LogP contribution >= 0.6 is 0 Å². The number of aromatic carboxylic acids is 1. The average Bonchev–Trinajstić information content (AvgIpc) is 2.30. The standard InChI is InChI=1S/C13H17NO5S/c1-3-6-20(18,19)8-12(15)14-11-7-10(13(16)17)5-4-9(11)2/h4-5,7H,3,6,8H2,1-2H3,(H,14,15)(H,16,17). The minimum absolute atomic E-state index is 0.0299. The fraction of sp³-hybridized carbons (Fsp3) is 0.385. The van der Waals surface area contributed by atoms with Gasteiger partial charge in [-0.25, -0.2) is 13.2 Å². The van der Waals surface area contributed by atoms with Gasteiger partial charge in [-0.15, -0.1) is 0 Å². The molecule has 1 aromatic carbocycles. The van der Waals surface area contributed by atoms with Crippen molar-refractivity contribution in [3.05, 3.63) is 29.3 Å². The van der Waals surface area contributed by atoms with E-state index in [0.717, 1.165) is 0 Å². The second-order valence-corrected chi connectivity index (χ2v) is 6.66. The lowest BCUT2D eigenvalue weighted by Gasteiger charge is -2.09. The molecule has 1 rings (SSSR count). The molecule has 1 amide bonds. The fourth-order valence-corrected chi connectivity index (χ4v) is 2.90. The van der Waals surface area contributed by atoms with Crippen LogP contribution in [0.1, 0.15) is 29.3 Å². The summed E-state index contributed by atoms with van der Waals surface area (Å²) in [5.74, 6) is -2.42. The van der Waals surface area contributed by atoms with E-state index in [2.05, 4.69) is 5.32 Å². The van der Waals surface area contributed by atoms with E-state index in [1.807, 2.05) is 0 Å². The van der Waals surface area contributed by atoms with Gasteiger partial charge in [0.1, 0.15) is 5.75 Å². The van der Waals surface area contributed by atoms with Crippen molar-refractivity contribution in [3.63, 3.8) is 0 Å². The highest BCUT2D eigenvalue weighted by Crippen LogP contribution is 2.17. The zero-order chi connectivity index (χ0) is 15.3. The zero-order valence-electron chi connectivity index (χ0n) is 11.3. The minimum atomic E-state index is -3.42. The molecule has 6 nitrogen and oxygen atoms in total. The van der Waals surface area contributed by atoms with E-state index in [1.165, 1.54) is 12.1 Å². The minimum Gasteiger partial charge on any atom is -0.478 e. The number of carbonyl (C=O) groups is 2. The predicted molar refractivity (Wildman–Crippen MR) is 75.7 cm³/mol. The molecule has 0 spiro atoms. The number of benzene rings is 1. The summed E-state index contributed by atoms with van der Waals surface area (Å²) in [5, 5.41) is 11.3. The van der Waals surface area contributed by atoms with E-state index in [1.54, 1.807) is 19.9 Å². The Hall–Kier alpha value is -1.89. The van der Waals surface area contributed by atoms with Crippen molar-refractivity contribution in [1.29, 1.82) is 0 Å². The molecule has 0 fully saturated rings. The summed E-state index contributed by atoms with van der Waals surface area (Å²) in [4.78, 5) is 22.6. The molecular formula is C13H17NO5S. The normalized spacial score (nSPS) is 11.1. The van der Waals surface area contributed by atoms with E-state index < -0.39 is 27.5 Å². The summed E-state index contributed by atoms with van der Waals surface area (Å²) in [6.07, 6.45) is 0.448. The lowest BCUT2D eigenvalue weighted by molar-refractivity contribution is -0.113. The highest BCUT2D eigenvalue weighted by atomic mass is 32.2. The summed E-state index contributed by atoms with van der Waals surface area (Å²) in [6, 6.07) is 4.28. The molecule has 0 aliphatic heterocycles. The Kier molecular flexibility index (Phi) is 5.26. The molecule has 20 heavy (non-hydrogen) atoms. The number of nitrogens with one attached hydrogen (secondary N) is 1. The third-order valence-electron chi connectivity index (χ3n) is 2.62. The van der Waals surface area contributed by atoms with Crippen molar-refractivity contribution >= 4 is 27.4 Å². The van der Waals surface area contributed by atoms with Crippen molar-refractivity contribution in [3.8, 4) is 0 Å². The van der Waals surface area contributed by atoms with Gasteiger partial charge >= 0.3 is 5.97 Å². The van der Waals surface area contributed by atoms with Gasteiger partial charge in [0.2, 0.25) is 5.91 Å². The number of rotatable bonds is 6. The number of sulfone groups is 1. The van der Waals surface area contributed by atoms with Crippen LogP contribution in [0.4, 0.5) is 5.69 Å². The Morgan fingerprint density at radius 3 is 2.50 bits per heavy atom. The number of carboxylic acid groups (broad SMARTS) is 1. The molecule has 0 unspecified atom stereocenters. The number of carboxylic acids is 1. The van der Waals surface area contributed by atoms with Gasteiger partial charge in [-0.05, 0) is 31.0 Å². The van der Waals surface area contributed by atoms with Gasteiger partial charge in [-0.3, -0.25) is 4.79 Å². The van der Waals surface area contributed by atoms with Crippen LogP contribution in [-0.2, 0) is 14.6 Å². The van der Waals surface area contributed by atoms with Crippen LogP contribution in [0, 0.1) is 6.92 Å². The van der Waals surface area contributed by atoms with Crippen LogP contribution in [0.15, 0.2) is 18.2 Å². The molecule has 0 aromatic heterocycles. The molecule has 2 N–H and O–H groups in total.